The van der Waals surface area contributed by atoms with Crippen LogP contribution in [0.4, 0.5) is 9.52 Å². The molecule has 1 aromatic carbocycles. The predicted molar refractivity (Wildman–Crippen MR) is 85.4 cm³/mol. The third-order valence-corrected chi connectivity index (χ3v) is 5.00. The number of fused-ring (bicyclic) bond motifs is 1. The van der Waals surface area contributed by atoms with Crippen molar-refractivity contribution in [2.45, 2.75) is 26.3 Å². The molecule has 3 rings (SSSR count). The zero-order valence-electron chi connectivity index (χ0n) is 11.3. The number of aromatic nitrogens is 1. The van der Waals surface area contributed by atoms with Crippen molar-refractivity contribution in [1.82, 2.24) is 4.98 Å². The van der Waals surface area contributed by atoms with E-state index in [0.717, 1.165) is 21.8 Å². The lowest BCUT2D eigenvalue weighted by molar-refractivity contribution is 0.630. The molecule has 2 aromatic heterocycles. The monoisotopic (exact) mass is 306 g/mol. The van der Waals surface area contributed by atoms with Crippen LogP contribution in [0.5, 0.6) is 0 Å². The summed E-state index contributed by atoms with van der Waals surface area (Å²) in [6, 6.07) is 9.33. The highest BCUT2D eigenvalue weighted by Gasteiger charge is 2.09. The van der Waals surface area contributed by atoms with E-state index in [9.17, 15) is 4.39 Å². The van der Waals surface area contributed by atoms with Crippen molar-refractivity contribution in [1.29, 1.82) is 0 Å². The lowest BCUT2D eigenvalue weighted by atomic mass is 10.2. The van der Waals surface area contributed by atoms with Crippen molar-refractivity contribution < 1.29 is 4.39 Å². The van der Waals surface area contributed by atoms with Crippen LogP contribution in [0.2, 0.25) is 0 Å². The Kier molecular flexibility index (Phi) is 3.72. The van der Waals surface area contributed by atoms with Gasteiger partial charge in [-0.1, -0.05) is 11.3 Å². The molecule has 0 saturated heterocycles. The van der Waals surface area contributed by atoms with Crippen molar-refractivity contribution >= 4 is 38.0 Å². The number of anilines is 1. The number of hydrogen-bond acceptors (Lipinski definition) is 4. The smallest absolute Gasteiger partial charge is 0.184 e. The number of thiophene rings is 1. The highest BCUT2D eigenvalue weighted by molar-refractivity contribution is 7.22. The maximum Gasteiger partial charge on any atom is 0.184 e. The molecule has 0 bridgehead atoms. The Bertz CT molecular complexity index is 732. The standard InChI is InChI=1S/C15H15FN2S2/c1-9(7-12-5-3-10(2)19-12)17-15-18-13-6-4-11(16)8-14(13)20-15/h3-6,8-9H,7H2,1-2H3,(H,17,18). The summed E-state index contributed by atoms with van der Waals surface area (Å²) >= 11 is 3.32. The van der Waals surface area contributed by atoms with Crippen LogP contribution in [-0.2, 0) is 6.42 Å². The first-order valence-corrected chi connectivity index (χ1v) is 8.11. The van der Waals surface area contributed by atoms with Gasteiger partial charge in [-0.15, -0.1) is 11.3 Å². The van der Waals surface area contributed by atoms with Gasteiger partial charge in [-0.3, -0.25) is 0 Å². The molecule has 0 spiro atoms. The molecule has 1 N–H and O–H groups in total. The molecule has 0 saturated carbocycles. The van der Waals surface area contributed by atoms with E-state index in [1.54, 1.807) is 6.07 Å². The first-order chi connectivity index (χ1) is 9.60. The number of thiazole rings is 1. The molecule has 2 nitrogen and oxygen atoms in total. The van der Waals surface area contributed by atoms with E-state index < -0.39 is 0 Å². The molecule has 20 heavy (non-hydrogen) atoms. The maximum atomic E-state index is 13.2. The largest absolute Gasteiger partial charge is 0.359 e. The first kappa shape index (κ1) is 13.5. The summed E-state index contributed by atoms with van der Waals surface area (Å²) < 4.78 is 14.0. The number of benzene rings is 1. The molecule has 0 radical (unpaired) electrons. The molecule has 0 amide bonds. The molecule has 104 valence electrons. The molecule has 1 atom stereocenters. The molecule has 0 aliphatic rings. The second kappa shape index (κ2) is 5.50. The van der Waals surface area contributed by atoms with Crippen LogP contribution < -0.4 is 5.32 Å². The van der Waals surface area contributed by atoms with Crippen LogP contribution in [0, 0.1) is 12.7 Å². The van der Waals surface area contributed by atoms with Crippen molar-refractivity contribution in [2.75, 3.05) is 5.32 Å². The topological polar surface area (TPSA) is 24.9 Å². The molecule has 5 heteroatoms. The van der Waals surface area contributed by atoms with Crippen LogP contribution >= 0.6 is 22.7 Å². The van der Waals surface area contributed by atoms with Gasteiger partial charge in [0.15, 0.2) is 5.13 Å². The Hall–Kier alpha value is -1.46. The third kappa shape index (κ3) is 2.99. The lowest BCUT2D eigenvalue weighted by Crippen LogP contribution is -2.17. The fraction of sp³-hybridized carbons (Fsp3) is 0.267. The number of hydrogen-bond donors (Lipinski definition) is 1. The van der Waals surface area contributed by atoms with Gasteiger partial charge in [-0.2, -0.15) is 0 Å². The summed E-state index contributed by atoms with van der Waals surface area (Å²) in [5.74, 6) is -0.213. The van der Waals surface area contributed by atoms with Crippen LogP contribution in [0.3, 0.4) is 0 Å². The summed E-state index contributed by atoms with van der Waals surface area (Å²) in [6.07, 6.45) is 0.975. The second-order valence-corrected chi connectivity index (χ2v) is 7.30. The fourth-order valence-electron chi connectivity index (χ4n) is 2.12. The number of rotatable bonds is 4. The number of aryl methyl sites for hydroxylation is 1. The van der Waals surface area contributed by atoms with E-state index in [1.165, 1.54) is 33.2 Å². The van der Waals surface area contributed by atoms with E-state index in [4.69, 9.17) is 0 Å². The van der Waals surface area contributed by atoms with Gasteiger partial charge in [0.1, 0.15) is 5.82 Å². The molecule has 0 aliphatic heterocycles. The molecule has 2 heterocycles. The Balaban J connectivity index is 1.72. The van der Waals surface area contributed by atoms with Gasteiger partial charge in [0, 0.05) is 22.2 Å². The summed E-state index contributed by atoms with van der Waals surface area (Å²) in [5, 5.41) is 4.25. The van der Waals surface area contributed by atoms with E-state index >= 15 is 0 Å². The zero-order chi connectivity index (χ0) is 14.1. The average Bonchev–Trinajstić information content (AvgIpc) is 2.94. The minimum absolute atomic E-state index is 0.213. The van der Waals surface area contributed by atoms with Gasteiger partial charge < -0.3 is 5.32 Å². The van der Waals surface area contributed by atoms with Gasteiger partial charge in [0.25, 0.3) is 0 Å². The van der Waals surface area contributed by atoms with Crippen LogP contribution in [0.15, 0.2) is 30.3 Å². The molecule has 0 fully saturated rings. The number of nitrogens with zero attached hydrogens (tertiary/aromatic N) is 1. The van der Waals surface area contributed by atoms with Gasteiger partial charge in [0.2, 0.25) is 0 Å². The Morgan fingerprint density at radius 3 is 2.85 bits per heavy atom. The number of nitrogens with one attached hydrogen (secondary N) is 1. The summed E-state index contributed by atoms with van der Waals surface area (Å²) in [7, 11) is 0. The van der Waals surface area contributed by atoms with E-state index in [2.05, 4.69) is 36.3 Å². The SMILES string of the molecule is Cc1ccc(CC(C)Nc2nc3ccc(F)cc3s2)s1. The fourth-order valence-corrected chi connectivity index (χ4v) is 4.14. The minimum atomic E-state index is -0.213. The quantitative estimate of drug-likeness (QED) is 0.745. The van der Waals surface area contributed by atoms with Gasteiger partial charge in [0.05, 0.1) is 10.2 Å². The summed E-state index contributed by atoms with van der Waals surface area (Å²) in [4.78, 5) is 7.19. The van der Waals surface area contributed by atoms with E-state index in [1.807, 2.05) is 11.3 Å². The Labute approximate surface area is 125 Å². The molecule has 0 aliphatic carbocycles. The first-order valence-electron chi connectivity index (χ1n) is 6.48. The number of halogens is 1. The lowest BCUT2D eigenvalue weighted by Gasteiger charge is -2.11. The van der Waals surface area contributed by atoms with Gasteiger partial charge in [-0.05, 0) is 44.2 Å². The highest BCUT2D eigenvalue weighted by atomic mass is 32.1. The van der Waals surface area contributed by atoms with E-state index in [-0.39, 0.29) is 5.82 Å². The van der Waals surface area contributed by atoms with Crippen molar-refractivity contribution in [3.8, 4) is 0 Å². The Morgan fingerprint density at radius 2 is 2.10 bits per heavy atom. The van der Waals surface area contributed by atoms with E-state index in [0.29, 0.717) is 6.04 Å². The molecule has 1 unspecified atom stereocenters. The highest BCUT2D eigenvalue weighted by Crippen LogP contribution is 2.27. The minimum Gasteiger partial charge on any atom is -0.359 e. The summed E-state index contributed by atoms with van der Waals surface area (Å²) in [5.41, 5.74) is 0.845. The normalized spacial score (nSPS) is 12.8. The molecular weight excluding hydrogens is 291 g/mol. The van der Waals surface area contributed by atoms with Crippen molar-refractivity contribution in [3.63, 3.8) is 0 Å². The second-order valence-electron chi connectivity index (χ2n) is 4.89. The van der Waals surface area contributed by atoms with Crippen molar-refractivity contribution in [3.05, 3.63) is 45.9 Å². The van der Waals surface area contributed by atoms with Gasteiger partial charge in [-0.25, -0.2) is 9.37 Å². The predicted octanol–water partition coefficient (Wildman–Crippen LogP) is 4.85. The third-order valence-electron chi connectivity index (χ3n) is 3.02. The summed E-state index contributed by atoms with van der Waals surface area (Å²) in [6.45, 7) is 4.26. The van der Waals surface area contributed by atoms with Crippen molar-refractivity contribution in [2.24, 2.45) is 0 Å². The average molecular weight is 306 g/mol. The van der Waals surface area contributed by atoms with Crippen LogP contribution in [0.25, 0.3) is 10.2 Å². The van der Waals surface area contributed by atoms with Crippen LogP contribution in [-0.4, -0.2) is 11.0 Å². The molecule has 3 aromatic rings. The van der Waals surface area contributed by atoms with Crippen LogP contribution in [0.1, 0.15) is 16.7 Å². The Morgan fingerprint density at radius 1 is 1.25 bits per heavy atom. The van der Waals surface area contributed by atoms with Gasteiger partial charge >= 0.3 is 0 Å². The zero-order valence-corrected chi connectivity index (χ0v) is 12.9. The maximum absolute atomic E-state index is 13.2. The molecular formula is C15H15FN2S2.